The SMILES string of the molecule is CCC(N)C(c1cccc(OC)c1)n1ccnc1C. The number of ether oxygens (including phenoxy) is 1. The van der Waals surface area contributed by atoms with E-state index in [4.69, 9.17) is 10.5 Å². The van der Waals surface area contributed by atoms with Crippen molar-refractivity contribution in [3.63, 3.8) is 0 Å². The number of rotatable bonds is 5. The molecule has 0 amide bonds. The first-order chi connectivity index (χ1) is 9.17. The highest BCUT2D eigenvalue weighted by atomic mass is 16.5. The van der Waals surface area contributed by atoms with Crippen LogP contribution in [0.2, 0.25) is 0 Å². The number of aromatic nitrogens is 2. The summed E-state index contributed by atoms with van der Waals surface area (Å²) in [7, 11) is 1.68. The van der Waals surface area contributed by atoms with Crippen molar-refractivity contribution in [1.82, 2.24) is 9.55 Å². The van der Waals surface area contributed by atoms with E-state index >= 15 is 0 Å². The molecular formula is C15H21N3O. The Morgan fingerprint density at radius 1 is 1.42 bits per heavy atom. The van der Waals surface area contributed by atoms with E-state index in [0.29, 0.717) is 0 Å². The molecule has 2 atom stereocenters. The van der Waals surface area contributed by atoms with Crippen molar-refractivity contribution in [3.8, 4) is 5.75 Å². The van der Waals surface area contributed by atoms with E-state index in [1.165, 1.54) is 0 Å². The Morgan fingerprint density at radius 2 is 2.21 bits per heavy atom. The molecule has 1 aromatic heterocycles. The summed E-state index contributed by atoms with van der Waals surface area (Å²) in [6.07, 6.45) is 4.69. The molecule has 1 heterocycles. The van der Waals surface area contributed by atoms with E-state index in [0.717, 1.165) is 23.6 Å². The quantitative estimate of drug-likeness (QED) is 0.897. The van der Waals surface area contributed by atoms with Crippen LogP contribution in [0.1, 0.15) is 30.8 Å². The minimum absolute atomic E-state index is 0.0417. The third-order valence-corrected chi connectivity index (χ3v) is 3.47. The van der Waals surface area contributed by atoms with Crippen LogP contribution in [0.15, 0.2) is 36.7 Å². The first-order valence-corrected chi connectivity index (χ1v) is 6.56. The molecule has 2 unspecified atom stereocenters. The monoisotopic (exact) mass is 259 g/mol. The fraction of sp³-hybridized carbons (Fsp3) is 0.400. The molecule has 0 aliphatic rings. The lowest BCUT2D eigenvalue weighted by Crippen LogP contribution is -2.32. The van der Waals surface area contributed by atoms with Crippen molar-refractivity contribution in [2.75, 3.05) is 7.11 Å². The normalized spacial score (nSPS) is 14.1. The van der Waals surface area contributed by atoms with Crippen LogP contribution in [0, 0.1) is 6.92 Å². The number of nitrogens with two attached hydrogens (primary N) is 1. The van der Waals surface area contributed by atoms with Gasteiger partial charge in [0.25, 0.3) is 0 Å². The standard InChI is InChI=1S/C15H21N3O/c1-4-14(16)15(18-9-8-17-11(18)2)12-6-5-7-13(10-12)19-3/h5-10,14-15H,4,16H2,1-3H3. The summed E-state index contributed by atoms with van der Waals surface area (Å²) in [4.78, 5) is 4.30. The topological polar surface area (TPSA) is 53.1 Å². The van der Waals surface area contributed by atoms with E-state index in [2.05, 4.69) is 22.5 Å². The van der Waals surface area contributed by atoms with Gasteiger partial charge in [0, 0.05) is 18.4 Å². The Hall–Kier alpha value is -1.81. The number of methoxy groups -OCH3 is 1. The minimum Gasteiger partial charge on any atom is -0.497 e. The molecule has 102 valence electrons. The molecule has 0 aliphatic heterocycles. The molecule has 2 N–H and O–H groups in total. The molecule has 0 fully saturated rings. The van der Waals surface area contributed by atoms with Crippen LogP contribution >= 0.6 is 0 Å². The maximum absolute atomic E-state index is 6.31. The molecule has 4 nitrogen and oxygen atoms in total. The third kappa shape index (κ3) is 2.79. The Kier molecular flexibility index (Phi) is 4.22. The van der Waals surface area contributed by atoms with Crippen LogP contribution in [-0.2, 0) is 0 Å². The lowest BCUT2D eigenvalue weighted by atomic mass is 9.97. The number of benzene rings is 1. The lowest BCUT2D eigenvalue weighted by Gasteiger charge is -2.26. The van der Waals surface area contributed by atoms with E-state index in [1.54, 1.807) is 7.11 Å². The molecule has 0 bridgehead atoms. The zero-order chi connectivity index (χ0) is 13.8. The van der Waals surface area contributed by atoms with Gasteiger partial charge in [0.05, 0.1) is 13.2 Å². The summed E-state index contributed by atoms with van der Waals surface area (Å²) in [5.74, 6) is 1.82. The van der Waals surface area contributed by atoms with Crippen molar-refractivity contribution in [2.24, 2.45) is 5.73 Å². The number of hydrogen-bond acceptors (Lipinski definition) is 3. The van der Waals surface area contributed by atoms with Gasteiger partial charge in [-0.2, -0.15) is 0 Å². The average molecular weight is 259 g/mol. The fourth-order valence-corrected chi connectivity index (χ4v) is 2.34. The molecule has 19 heavy (non-hydrogen) atoms. The van der Waals surface area contributed by atoms with Crippen LogP contribution in [0.25, 0.3) is 0 Å². The van der Waals surface area contributed by atoms with E-state index in [1.807, 2.05) is 37.5 Å². The molecule has 0 spiro atoms. The minimum atomic E-state index is 0.0417. The summed E-state index contributed by atoms with van der Waals surface area (Å²) < 4.78 is 7.43. The lowest BCUT2D eigenvalue weighted by molar-refractivity contribution is 0.409. The van der Waals surface area contributed by atoms with Gasteiger partial charge < -0.3 is 15.0 Å². The molecule has 0 aliphatic carbocycles. The summed E-state index contributed by atoms with van der Waals surface area (Å²) in [6, 6.07) is 8.19. The molecule has 2 rings (SSSR count). The zero-order valence-corrected chi connectivity index (χ0v) is 11.7. The Bertz CT molecular complexity index is 536. The number of imidazole rings is 1. The van der Waals surface area contributed by atoms with E-state index in [-0.39, 0.29) is 12.1 Å². The zero-order valence-electron chi connectivity index (χ0n) is 11.7. The van der Waals surface area contributed by atoms with Crippen molar-refractivity contribution in [1.29, 1.82) is 0 Å². The summed E-state index contributed by atoms with van der Waals surface area (Å²) in [5, 5.41) is 0. The average Bonchev–Trinajstić information content (AvgIpc) is 2.85. The Labute approximate surface area is 114 Å². The van der Waals surface area contributed by atoms with Gasteiger partial charge in [-0.15, -0.1) is 0 Å². The van der Waals surface area contributed by atoms with Gasteiger partial charge in [-0.25, -0.2) is 4.98 Å². The molecular weight excluding hydrogens is 238 g/mol. The van der Waals surface area contributed by atoms with Crippen molar-refractivity contribution in [3.05, 3.63) is 48.0 Å². The van der Waals surface area contributed by atoms with Gasteiger partial charge in [-0.3, -0.25) is 0 Å². The summed E-state index contributed by atoms with van der Waals surface area (Å²) in [6.45, 7) is 4.10. The largest absolute Gasteiger partial charge is 0.497 e. The van der Waals surface area contributed by atoms with E-state index in [9.17, 15) is 0 Å². The highest BCUT2D eigenvalue weighted by molar-refractivity contribution is 5.32. The Balaban J connectivity index is 2.46. The molecule has 1 aromatic carbocycles. The van der Waals surface area contributed by atoms with Gasteiger partial charge >= 0.3 is 0 Å². The van der Waals surface area contributed by atoms with Gasteiger partial charge in [0.2, 0.25) is 0 Å². The van der Waals surface area contributed by atoms with Gasteiger partial charge in [-0.05, 0) is 31.0 Å². The first kappa shape index (κ1) is 13.6. The second kappa shape index (κ2) is 5.89. The van der Waals surface area contributed by atoms with Crippen LogP contribution in [0.4, 0.5) is 0 Å². The predicted octanol–water partition coefficient (Wildman–Crippen LogP) is 2.53. The molecule has 0 radical (unpaired) electrons. The van der Waals surface area contributed by atoms with Gasteiger partial charge in [-0.1, -0.05) is 19.1 Å². The number of aryl methyl sites for hydroxylation is 1. The highest BCUT2D eigenvalue weighted by Crippen LogP contribution is 2.26. The fourth-order valence-electron chi connectivity index (χ4n) is 2.34. The van der Waals surface area contributed by atoms with Crippen LogP contribution < -0.4 is 10.5 Å². The van der Waals surface area contributed by atoms with Crippen LogP contribution in [0.5, 0.6) is 5.75 Å². The molecule has 2 aromatic rings. The molecule has 4 heteroatoms. The second-order valence-corrected chi connectivity index (χ2v) is 4.68. The second-order valence-electron chi connectivity index (χ2n) is 4.68. The maximum Gasteiger partial charge on any atom is 0.119 e. The third-order valence-electron chi connectivity index (χ3n) is 3.47. The highest BCUT2D eigenvalue weighted by Gasteiger charge is 2.21. The van der Waals surface area contributed by atoms with Gasteiger partial charge in [0.1, 0.15) is 11.6 Å². The smallest absolute Gasteiger partial charge is 0.119 e. The number of nitrogens with zero attached hydrogens (tertiary/aromatic N) is 2. The van der Waals surface area contributed by atoms with Crippen molar-refractivity contribution >= 4 is 0 Å². The van der Waals surface area contributed by atoms with Crippen LogP contribution in [-0.4, -0.2) is 22.7 Å². The van der Waals surface area contributed by atoms with E-state index < -0.39 is 0 Å². The summed E-state index contributed by atoms with van der Waals surface area (Å²) in [5.41, 5.74) is 7.46. The summed E-state index contributed by atoms with van der Waals surface area (Å²) >= 11 is 0. The maximum atomic E-state index is 6.31. The number of hydrogen-bond donors (Lipinski definition) is 1. The van der Waals surface area contributed by atoms with Crippen molar-refractivity contribution in [2.45, 2.75) is 32.4 Å². The van der Waals surface area contributed by atoms with Gasteiger partial charge in [0.15, 0.2) is 0 Å². The first-order valence-electron chi connectivity index (χ1n) is 6.56. The van der Waals surface area contributed by atoms with Crippen molar-refractivity contribution < 1.29 is 4.74 Å². The predicted molar refractivity (Wildman–Crippen MR) is 76.4 cm³/mol. The molecule has 0 saturated heterocycles. The molecule has 0 saturated carbocycles. The van der Waals surface area contributed by atoms with Crippen LogP contribution in [0.3, 0.4) is 0 Å². The Morgan fingerprint density at radius 3 is 2.79 bits per heavy atom.